The largest absolute Gasteiger partial charge is 0.494 e. The van der Waals surface area contributed by atoms with Gasteiger partial charge in [-0.25, -0.2) is 9.97 Å². The number of likely N-dealkylation sites (tertiary alicyclic amines) is 2. The minimum Gasteiger partial charge on any atom is -0.494 e. The van der Waals surface area contributed by atoms with Crippen molar-refractivity contribution >= 4 is 5.91 Å². The lowest BCUT2D eigenvalue weighted by atomic mass is 9.79. The Morgan fingerprint density at radius 1 is 1.29 bits per heavy atom. The predicted octanol–water partition coefficient (Wildman–Crippen LogP) is 1.04. The Bertz CT molecular complexity index is 523. The van der Waals surface area contributed by atoms with Crippen molar-refractivity contribution < 1.29 is 9.53 Å². The van der Waals surface area contributed by atoms with E-state index in [0.29, 0.717) is 17.2 Å². The molecule has 2 fully saturated rings. The summed E-state index contributed by atoms with van der Waals surface area (Å²) < 4.78 is 5.00. The molecule has 3 rings (SSSR count). The summed E-state index contributed by atoms with van der Waals surface area (Å²) in [7, 11) is 1.56. The second-order valence-corrected chi connectivity index (χ2v) is 6.42. The summed E-state index contributed by atoms with van der Waals surface area (Å²) in [6.07, 6.45) is 4.25. The summed E-state index contributed by atoms with van der Waals surface area (Å²) in [4.78, 5) is 24.8. The van der Waals surface area contributed by atoms with Gasteiger partial charge in [-0.1, -0.05) is 0 Å². The Balaban J connectivity index is 1.59. The number of carbonyl (C=O) groups excluding carboxylic acids is 1. The maximum absolute atomic E-state index is 12.3. The van der Waals surface area contributed by atoms with E-state index in [1.165, 1.54) is 18.8 Å². The molecule has 21 heavy (non-hydrogen) atoms. The summed E-state index contributed by atoms with van der Waals surface area (Å²) in [6, 6.07) is 0.582. The van der Waals surface area contributed by atoms with Crippen LogP contribution in [0.3, 0.4) is 0 Å². The standard InChI is InChI=1S/C15H22N4O2/c1-11(2)18-5-4-15(8-18)9-19(10-15)14(20)13-16-6-12(21-3)7-17-13/h6-7,11H,4-5,8-10H2,1-3H3. The van der Waals surface area contributed by atoms with Crippen molar-refractivity contribution in [2.24, 2.45) is 5.41 Å². The molecule has 0 aromatic carbocycles. The van der Waals surface area contributed by atoms with Gasteiger partial charge in [-0.05, 0) is 26.8 Å². The highest BCUT2D eigenvalue weighted by molar-refractivity contribution is 5.91. The number of methoxy groups -OCH3 is 1. The number of hydrogen-bond donors (Lipinski definition) is 0. The van der Waals surface area contributed by atoms with Crippen LogP contribution in [-0.2, 0) is 0 Å². The molecule has 6 nitrogen and oxygen atoms in total. The zero-order chi connectivity index (χ0) is 15.0. The molecule has 3 heterocycles. The van der Waals surface area contributed by atoms with Crippen molar-refractivity contribution in [1.82, 2.24) is 19.8 Å². The van der Waals surface area contributed by atoms with Gasteiger partial charge in [0, 0.05) is 31.1 Å². The fourth-order valence-electron chi connectivity index (χ4n) is 3.25. The first-order valence-corrected chi connectivity index (χ1v) is 7.42. The molecule has 0 radical (unpaired) electrons. The molecule has 0 atom stereocenters. The lowest BCUT2D eigenvalue weighted by Gasteiger charge is -2.48. The average molecular weight is 290 g/mol. The van der Waals surface area contributed by atoms with Crippen LogP contribution in [0.25, 0.3) is 0 Å². The molecule has 1 aromatic heterocycles. The number of ether oxygens (including phenoxy) is 1. The summed E-state index contributed by atoms with van der Waals surface area (Å²) >= 11 is 0. The Morgan fingerprint density at radius 2 is 1.95 bits per heavy atom. The molecule has 1 spiro atoms. The maximum Gasteiger partial charge on any atom is 0.291 e. The van der Waals surface area contributed by atoms with Crippen LogP contribution in [0.4, 0.5) is 0 Å². The third kappa shape index (κ3) is 2.60. The van der Waals surface area contributed by atoms with Gasteiger partial charge in [0.15, 0.2) is 5.75 Å². The molecule has 1 aromatic rings. The molecular formula is C15H22N4O2. The molecule has 2 saturated heterocycles. The third-order valence-electron chi connectivity index (χ3n) is 4.59. The Hall–Kier alpha value is -1.69. The molecule has 0 N–H and O–H groups in total. The molecule has 0 unspecified atom stereocenters. The number of aromatic nitrogens is 2. The number of rotatable bonds is 3. The molecule has 0 aliphatic carbocycles. The van der Waals surface area contributed by atoms with Crippen LogP contribution in [0.1, 0.15) is 30.9 Å². The SMILES string of the molecule is COc1cnc(C(=O)N2CC3(CCN(C(C)C)C3)C2)nc1. The van der Waals surface area contributed by atoms with Gasteiger partial charge in [0.25, 0.3) is 5.91 Å². The summed E-state index contributed by atoms with van der Waals surface area (Å²) in [5, 5.41) is 0. The van der Waals surface area contributed by atoms with E-state index in [1.807, 2.05) is 4.90 Å². The molecule has 0 bridgehead atoms. The lowest BCUT2D eigenvalue weighted by molar-refractivity contribution is 0.00837. The number of carbonyl (C=O) groups is 1. The minimum absolute atomic E-state index is 0.0775. The first kappa shape index (κ1) is 14.3. The third-order valence-corrected chi connectivity index (χ3v) is 4.59. The molecular weight excluding hydrogens is 268 g/mol. The normalized spacial score (nSPS) is 20.9. The number of hydrogen-bond acceptors (Lipinski definition) is 5. The van der Waals surface area contributed by atoms with E-state index >= 15 is 0 Å². The van der Waals surface area contributed by atoms with Gasteiger partial charge in [-0.3, -0.25) is 4.79 Å². The quantitative estimate of drug-likeness (QED) is 0.832. The first-order valence-electron chi connectivity index (χ1n) is 7.42. The topological polar surface area (TPSA) is 58.6 Å². The van der Waals surface area contributed by atoms with Crippen LogP contribution >= 0.6 is 0 Å². The van der Waals surface area contributed by atoms with Crippen LogP contribution in [0, 0.1) is 5.41 Å². The van der Waals surface area contributed by atoms with Crippen molar-refractivity contribution in [1.29, 1.82) is 0 Å². The monoisotopic (exact) mass is 290 g/mol. The fraction of sp³-hybridized carbons (Fsp3) is 0.667. The van der Waals surface area contributed by atoms with Gasteiger partial charge < -0.3 is 14.5 Å². The number of nitrogens with zero attached hydrogens (tertiary/aromatic N) is 4. The molecule has 2 aliphatic rings. The van der Waals surface area contributed by atoms with Crippen LogP contribution in [0.15, 0.2) is 12.4 Å². The van der Waals surface area contributed by atoms with E-state index in [2.05, 4.69) is 28.7 Å². The van der Waals surface area contributed by atoms with Gasteiger partial charge in [-0.15, -0.1) is 0 Å². The van der Waals surface area contributed by atoms with Crippen molar-refractivity contribution in [2.45, 2.75) is 26.3 Å². The van der Waals surface area contributed by atoms with E-state index in [9.17, 15) is 4.79 Å². The minimum atomic E-state index is -0.0775. The molecule has 114 valence electrons. The predicted molar refractivity (Wildman–Crippen MR) is 78.2 cm³/mol. The highest BCUT2D eigenvalue weighted by atomic mass is 16.5. The van der Waals surface area contributed by atoms with E-state index in [1.54, 1.807) is 7.11 Å². The van der Waals surface area contributed by atoms with Gasteiger partial charge in [0.1, 0.15) is 0 Å². The Labute approximate surface area is 125 Å². The van der Waals surface area contributed by atoms with Crippen molar-refractivity contribution in [3.8, 4) is 5.75 Å². The van der Waals surface area contributed by atoms with Crippen molar-refractivity contribution in [3.63, 3.8) is 0 Å². The highest BCUT2D eigenvalue weighted by Gasteiger charge is 2.49. The first-order chi connectivity index (χ1) is 10.0. The van der Waals surface area contributed by atoms with E-state index in [4.69, 9.17) is 4.74 Å². The Kier molecular flexibility index (Phi) is 3.57. The molecule has 6 heteroatoms. The summed E-state index contributed by atoms with van der Waals surface area (Å²) in [6.45, 7) is 8.34. The van der Waals surface area contributed by atoms with Crippen molar-refractivity contribution in [3.05, 3.63) is 18.2 Å². The van der Waals surface area contributed by atoms with Gasteiger partial charge in [0.05, 0.1) is 19.5 Å². The zero-order valence-corrected chi connectivity index (χ0v) is 12.9. The van der Waals surface area contributed by atoms with E-state index < -0.39 is 0 Å². The van der Waals surface area contributed by atoms with Gasteiger partial charge in [-0.2, -0.15) is 0 Å². The van der Waals surface area contributed by atoms with E-state index in [0.717, 1.165) is 26.2 Å². The lowest BCUT2D eigenvalue weighted by Crippen LogP contribution is -2.59. The van der Waals surface area contributed by atoms with Crippen LogP contribution < -0.4 is 4.74 Å². The molecule has 0 saturated carbocycles. The van der Waals surface area contributed by atoms with Gasteiger partial charge >= 0.3 is 0 Å². The summed E-state index contributed by atoms with van der Waals surface area (Å²) in [5.41, 5.74) is 0.298. The second-order valence-electron chi connectivity index (χ2n) is 6.42. The highest BCUT2D eigenvalue weighted by Crippen LogP contribution is 2.40. The number of amides is 1. The van der Waals surface area contributed by atoms with Crippen LogP contribution in [-0.4, -0.2) is 65.0 Å². The molecule has 1 amide bonds. The summed E-state index contributed by atoms with van der Waals surface area (Å²) in [5.74, 6) is 0.741. The zero-order valence-electron chi connectivity index (χ0n) is 12.9. The smallest absolute Gasteiger partial charge is 0.291 e. The fourth-order valence-corrected chi connectivity index (χ4v) is 3.25. The van der Waals surface area contributed by atoms with Crippen molar-refractivity contribution in [2.75, 3.05) is 33.3 Å². The average Bonchev–Trinajstić information content (AvgIpc) is 2.91. The second kappa shape index (κ2) is 5.26. The maximum atomic E-state index is 12.3. The Morgan fingerprint density at radius 3 is 2.48 bits per heavy atom. The van der Waals surface area contributed by atoms with E-state index in [-0.39, 0.29) is 11.7 Å². The van der Waals surface area contributed by atoms with Crippen LogP contribution in [0.5, 0.6) is 5.75 Å². The van der Waals surface area contributed by atoms with Gasteiger partial charge in [0.2, 0.25) is 5.82 Å². The molecule has 2 aliphatic heterocycles. The van der Waals surface area contributed by atoms with Crippen LogP contribution in [0.2, 0.25) is 0 Å².